The number of benzene rings is 1. The Balaban J connectivity index is 1.59. The Morgan fingerprint density at radius 2 is 2.17 bits per heavy atom. The van der Waals surface area contributed by atoms with Crippen LogP contribution in [-0.4, -0.2) is 29.6 Å². The summed E-state index contributed by atoms with van der Waals surface area (Å²) in [5.74, 6) is -0.393. The number of hydrogen-bond acceptors (Lipinski definition) is 5. The minimum Gasteiger partial charge on any atom is -0.349 e. The number of amides is 2. The molecule has 1 atom stereocenters. The number of thiazole rings is 1. The third-order valence-electron chi connectivity index (χ3n) is 3.96. The van der Waals surface area contributed by atoms with Gasteiger partial charge in [-0.1, -0.05) is 0 Å². The number of nitrogens with zero attached hydrogens (tertiary/aromatic N) is 2. The highest BCUT2D eigenvalue weighted by Crippen LogP contribution is 2.27. The molecule has 24 heavy (non-hydrogen) atoms. The summed E-state index contributed by atoms with van der Waals surface area (Å²) in [4.78, 5) is 31.8. The Morgan fingerprint density at radius 3 is 2.79 bits per heavy atom. The van der Waals surface area contributed by atoms with Crippen LogP contribution in [0.4, 0.5) is 5.69 Å². The molecule has 1 unspecified atom stereocenters. The number of nitrogens with one attached hydrogen (secondary N) is 1. The highest BCUT2D eigenvalue weighted by atomic mass is 32.2. The Kier molecular flexibility index (Phi) is 5.20. The molecule has 126 valence electrons. The Morgan fingerprint density at radius 1 is 1.42 bits per heavy atom. The molecule has 5 nitrogen and oxygen atoms in total. The van der Waals surface area contributed by atoms with Crippen molar-refractivity contribution in [2.24, 2.45) is 5.92 Å². The van der Waals surface area contributed by atoms with Crippen LogP contribution in [-0.2, 0) is 16.1 Å². The third kappa shape index (κ3) is 3.79. The number of aromatic nitrogens is 1. The Hall–Kier alpha value is -1.86. The van der Waals surface area contributed by atoms with Crippen molar-refractivity contribution in [1.82, 2.24) is 10.3 Å². The topological polar surface area (TPSA) is 62.3 Å². The van der Waals surface area contributed by atoms with E-state index in [4.69, 9.17) is 0 Å². The van der Waals surface area contributed by atoms with Gasteiger partial charge >= 0.3 is 0 Å². The van der Waals surface area contributed by atoms with Crippen molar-refractivity contribution in [2.45, 2.75) is 24.8 Å². The molecule has 0 aliphatic carbocycles. The Labute approximate surface area is 149 Å². The van der Waals surface area contributed by atoms with Crippen LogP contribution in [0.3, 0.4) is 0 Å². The maximum absolute atomic E-state index is 12.3. The first kappa shape index (κ1) is 17.0. The predicted octanol–water partition coefficient (Wildman–Crippen LogP) is 2.84. The molecule has 0 saturated carbocycles. The van der Waals surface area contributed by atoms with Gasteiger partial charge in [0.25, 0.3) is 0 Å². The number of hydrogen-bond donors (Lipinski definition) is 1. The van der Waals surface area contributed by atoms with Crippen LogP contribution in [0.25, 0.3) is 0 Å². The molecule has 2 aromatic rings. The molecule has 1 N–H and O–H groups in total. The first-order chi connectivity index (χ1) is 11.6. The molecule has 1 aliphatic rings. The number of thioether (sulfide) groups is 1. The monoisotopic (exact) mass is 361 g/mol. The standard InChI is InChI=1S/C17H19N3O2S2/c1-11-10-24-15(19-11)8-18-17(22)12-7-16(21)20(9-12)13-3-5-14(23-2)6-4-13/h3-6,10,12H,7-9H2,1-2H3,(H,18,22). The number of anilines is 1. The molecule has 3 rings (SSSR count). The van der Waals surface area contributed by atoms with E-state index >= 15 is 0 Å². The lowest BCUT2D eigenvalue weighted by Gasteiger charge is -2.17. The van der Waals surface area contributed by atoms with Gasteiger partial charge in [0.2, 0.25) is 11.8 Å². The average Bonchev–Trinajstić information content (AvgIpc) is 3.18. The predicted molar refractivity (Wildman–Crippen MR) is 97.4 cm³/mol. The van der Waals surface area contributed by atoms with Crippen molar-refractivity contribution in [2.75, 3.05) is 17.7 Å². The summed E-state index contributed by atoms with van der Waals surface area (Å²) in [6, 6.07) is 7.85. The molecule has 1 aromatic carbocycles. The van der Waals surface area contributed by atoms with Crippen molar-refractivity contribution in [3.63, 3.8) is 0 Å². The van der Waals surface area contributed by atoms with Crippen LogP contribution in [0.15, 0.2) is 34.5 Å². The second kappa shape index (κ2) is 7.36. The van der Waals surface area contributed by atoms with Crippen molar-refractivity contribution < 1.29 is 9.59 Å². The van der Waals surface area contributed by atoms with Crippen LogP contribution in [0.1, 0.15) is 17.1 Å². The molecule has 0 radical (unpaired) electrons. The van der Waals surface area contributed by atoms with Crippen molar-refractivity contribution in [3.8, 4) is 0 Å². The summed E-state index contributed by atoms with van der Waals surface area (Å²) in [6.07, 6.45) is 2.27. The van der Waals surface area contributed by atoms with E-state index < -0.39 is 0 Å². The maximum atomic E-state index is 12.3. The number of carbonyl (C=O) groups is 2. The largest absolute Gasteiger partial charge is 0.349 e. The molecule has 0 spiro atoms. The second-order valence-corrected chi connectivity index (χ2v) is 7.53. The highest BCUT2D eigenvalue weighted by Gasteiger charge is 2.35. The molecule has 1 aliphatic heterocycles. The summed E-state index contributed by atoms with van der Waals surface area (Å²) in [5.41, 5.74) is 1.81. The summed E-state index contributed by atoms with van der Waals surface area (Å²) in [7, 11) is 0. The zero-order valence-corrected chi connectivity index (χ0v) is 15.2. The number of aryl methyl sites for hydroxylation is 1. The fourth-order valence-corrected chi connectivity index (χ4v) is 3.81. The van der Waals surface area contributed by atoms with Gasteiger partial charge in [0.15, 0.2) is 0 Å². The molecule has 1 saturated heterocycles. The first-order valence-corrected chi connectivity index (χ1v) is 9.80. The summed E-state index contributed by atoms with van der Waals surface area (Å²) >= 11 is 3.19. The van der Waals surface area contributed by atoms with Crippen molar-refractivity contribution >= 4 is 40.6 Å². The average molecular weight is 361 g/mol. The summed E-state index contributed by atoms with van der Waals surface area (Å²) in [5, 5.41) is 5.73. The van der Waals surface area contributed by atoms with Crippen molar-refractivity contribution in [1.29, 1.82) is 0 Å². The van der Waals surface area contributed by atoms with Gasteiger partial charge in [0.05, 0.1) is 12.5 Å². The summed E-state index contributed by atoms with van der Waals surface area (Å²) < 4.78 is 0. The molecule has 1 fully saturated rings. The van der Waals surface area contributed by atoms with Gasteiger partial charge < -0.3 is 10.2 Å². The smallest absolute Gasteiger partial charge is 0.227 e. The van der Waals surface area contributed by atoms with Gasteiger partial charge in [-0.3, -0.25) is 9.59 Å². The fraction of sp³-hybridized carbons (Fsp3) is 0.353. The Bertz CT molecular complexity index is 743. The zero-order chi connectivity index (χ0) is 17.1. The fourth-order valence-electron chi connectivity index (χ4n) is 2.69. The van der Waals surface area contributed by atoms with E-state index in [1.807, 2.05) is 42.8 Å². The molecule has 2 heterocycles. The van der Waals surface area contributed by atoms with Gasteiger partial charge in [-0.2, -0.15) is 0 Å². The number of rotatable bonds is 5. The van der Waals surface area contributed by atoms with E-state index in [1.165, 1.54) is 11.3 Å². The second-order valence-electron chi connectivity index (χ2n) is 5.70. The van der Waals surface area contributed by atoms with Crippen molar-refractivity contribution in [3.05, 3.63) is 40.3 Å². The van der Waals surface area contributed by atoms with Crippen LogP contribution < -0.4 is 10.2 Å². The van der Waals surface area contributed by atoms with E-state index in [-0.39, 0.29) is 24.2 Å². The molecule has 0 bridgehead atoms. The minimum atomic E-state index is -0.307. The first-order valence-electron chi connectivity index (χ1n) is 7.70. The van der Waals surface area contributed by atoms with Crippen LogP contribution >= 0.6 is 23.1 Å². The van der Waals surface area contributed by atoms with Gasteiger partial charge in [-0.15, -0.1) is 23.1 Å². The van der Waals surface area contributed by atoms with E-state index in [1.54, 1.807) is 16.7 Å². The molecular formula is C17H19N3O2S2. The van der Waals surface area contributed by atoms with Gasteiger partial charge in [0.1, 0.15) is 5.01 Å². The van der Waals surface area contributed by atoms with E-state index in [0.29, 0.717) is 13.1 Å². The minimum absolute atomic E-state index is 0.00264. The molecule has 2 amide bonds. The molecule has 7 heteroatoms. The highest BCUT2D eigenvalue weighted by molar-refractivity contribution is 7.98. The molecular weight excluding hydrogens is 342 g/mol. The van der Waals surface area contributed by atoms with Gasteiger partial charge in [-0.25, -0.2) is 4.98 Å². The normalized spacial score (nSPS) is 17.3. The van der Waals surface area contributed by atoms with Crippen LogP contribution in [0.2, 0.25) is 0 Å². The third-order valence-corrected chi connectivity index (χ3v) is 5.67. The maximum Gasteiger partial charge on any atom is 0.227 e. The van der Waals surface area contributed by atoms with E-state index in [9.17, 15) is 9.59 Å². The lowest BCUT2D eigenvalue weighted by atomic mass is 10.1. The lowest BCUT2D eigenvalue weighted by Crippen LogP contribution is -2.32. The van der Waals surface area contributed by atoms with Gasteiger partial charge in [-0.05, 0) is 37.4 Å². The van der Waals surface area contributed by atoms with Crippen LogP contribution in [0, 0.1) is 12.8 Å². The van der Waals surface area contributed by atoms with E-state index in [2.05, 4.69) is 10.3 Å². The van der Waals surface area contributed by atoms with E-state index in [0.717, 1.165) is 21.3 Å². The zero-order valence-electron chi connectivity index (χ0n) is 13.6. The van der Waals surface area contributed by atoms with Gasteiger partial charge in [0, 0.05) is 34.6 Å². The number of carbonyl (C=O) groups excluding carboxylic acids is 2. The van der Waals surface area contributed by atoms with Crippen LogP contribution in [0.5, 0.6) is 0 Å². The SMILES string of the molecule is CSc1ccc(N2CC(C(=O)NCc3nc(C)cs3)CC2=O)cc1. The summed E-state index contributed by atoms with van der Waals surface area (Å²) in [6.45, 7) is 2.78. The lowest BCUT2D eigenvalue weighted by molar-refractivity contribution is -0.126. The molecule has 1 aromatic heterocycles. The quantitative estimate of drug-likeness (QED) is 0.832.